The van der Waals surface area contributed by atoms with Gasteiger partial charge in [0.2, 0.25) is 0 Å². The highest BCUT2D eigenvalue weighted by Crippen LogP contribution is 2.37. The molecule has 148 valence electrons. The second-order valence-electron chi connectivity index (χ2n) is 7.40. The Balaban J connectivity index is 2.98. The van der Waals surface area contributed by atoms with E-state index in [4.69, 9.17) is 18.9 Å². The molecule has 0 spiro atoms. The third-order valence-electron chi connectivity index (χ3n) is 5.42. The molecule has 5 atom stereocenters. The van der Waals surface area contributed by atoms with Gasteiger partial charge in [0.1, 0.15) is 12.6 Å². The molecule has 0 aromatic carbocycles. The van der Waals surface area contributed by atoms with Crippen LogP contribution < -0.4 is 0 Å². The molecule has 1 rings (SSSR count). The van der Waals surface area contributed by atoms with Gasteiger partial charge in [0.15, 0.2) is 5.79 Å². The van der Waals surface area contributed by atoms with Crippen molar-refractivity contribution in [1.82, 2.24) is 0 Å². The van der Waals surface area contributed by atoms with Crippen molar-refractivity contribution in [1.29, 1.82) is 0 Å². The lowest BCUT2D eigenvalue weighted by molar-refractivity contribution is -0.234. The molecule has 1 saturated heterocycles. The summed E-state index contributed by atoms with van der Waals surface area (Å²) in [5.74, 6) is -1.77. The number of aliphatic hydroxyl groups is 1. The Bertz CT molecular complexity index is 405. The Morgan fingerprint density at radius 2 is 1.68 bits per heavy atom. The molecule has 0 saturated carbocycles. The van der Waals surface area contributed by atoms with E-state index in [1.54, 1.807) is 14.0 Å². The standard InChI is InChI=1S/C19H36O6/c1-8-19(24-9-10-25-19)15(6)18(23-11-22-7)14(5)17(21)13(4)16(20)12(2)3/h12-16,18,20H,8-11H2,1-7H3/t13-,14-,15+,16+,18-/m1/s1. The third kappa shape index (κ3) is 5.23. The molecule has 1 N–H and O–H groups in total. The van der Waals surface area contributed by atoms with E-state index in [2.05, 4.69) is 0 Å². The number of ketones is 1. The molecule has 1 aliphatic heterocycles. The van der Waals surface area contributed by atoms with E-state index in [1.807, 2.05) is 34.6 Å². The Hall–Kier alpha value is -0.530. The number of Topliss-reactive ketones (excluding diaryl/α,β-unsaturated/α-hetero) is 1. The summed E-state index contributed by atoms with van der Waals surface area (Å²) in [7, 11) is 1.55. The fourth-order valence-corrected chi connectivity index (χ4v) is 3.70. The first kappa shape index (κ1) is 22.5. The van der Waals surface area contributed by atoms with Crippen molar-refractivity contribution in [2.45, 2.75) is 66.0 Å². The predicted molar refractivity (Wildman–Crippen MR) is 95.0 cm³/mol. The highest BCUT2D eigenvalue weighted by molar-refractivity contribution is 5.84. The number of carbonyl (C=O) groups is 1. The van der Waals surface area contributed by atoms with Crippen LogP contribution in [0.4, 0.5) is 0 Å². The molecule has 0 aromatic heterocycles. The largest absolute Gasteiger partial charge is 0.392 e. The van der Waals surface area contributed by atoms with Crippen LogP contribution in [0.15, 0.2) is 0 Å². The quantitative estimate of drug-likeness (QED) is 0.571. The van der Waals surface area contributed by atoms with Crippen molar-refractivity contribution in [3.05, 3.63) is 0 Å². The fourth-order valence-electron chi connectivity index (χ4n) is 3.70. The van der Waals surface area contributed by atoms with E-state index in [1.165, 1.54) is 0 Å². The predicted octanol–water partition coefficient (Wildman–Crippen LogP) is 2.62. The number of methoxy groups -OCH3 is 1. The summed E-state index contributed by atoms with van der Waals surface area (Å²) in [6, 6.07) is 0. The van der Waals surface area contributed by atoms with Crippen LogP contribution >= 0.6 is 0 Å². The highest BCUT2D eigenvalue weighted by atomic mass is 16.7. The maximum atomic E-state index is 12.9. The van der Waals surface area contributed by atoms with E-state index >= 15 is 0 Å². The Morgan fingerprint density at radius 1 is 1.12 bits per heavy atom. The smallest absolute Gasteiger partial charge is 0.173 e. The van der Waals surface area contributed by atoms with E-state index in [0.717, 1.165) is 0 Å². The molecule has 1 heterocycles. The molecule has 1 aliphatic rings. The molecule has 6 heteroatoms. The number of ether oxygens (including phenoxy) is 4. The molecule has 1 fully saturated rings. The first-order chi connectivity index (χ1) is 11.7. The summed E-state index contributed by atoms with van der Waals surface area (Å²) >= 11 is 0. The first-order valence-electron chi connectivity index (χ1n) is 9.32. The minimum absolute atomic E-state index is 0.0154. The number of carbonyl (C=O) groups excluding carboxylic acids is 1. The number of hydrogen-bond donors (Lipinski definition) is 1. The number of aliphatic hydroxyl groups excluding tert-OH is 1. The summed E-state index contributed by atoms with van der Waals surface area (Å²) in [6.45, 7) is 12.6. The topological polar surface area (TPSA) is 74.2 Å². The molecule has 0 aromatic rings. The average molecular weight is 360 g/mol. The van der Waals surface area contributed by atoms with Crippen LogP contribution in [-0.4, -0.2) is 56.0 Å². The van der Waals surface area contributed by atoms with Crippen molar-refractivity contribution < 1.29 is 28.8 Å². The molecule has 0 bridgehead atoms. The van der Waals surface area contributed by atoms with Gasteiger partial charge in [-0.2, -0.15) is 0 Å². The number of hydrogen-bond acceptors (Lipinski definition) is 6. The summed E-state index contributed by atoms with van der Waals surface area (Å²) in [5.41, 5.74) is 0. The molecule has 0 amide bonds. The molecular formula is C19H36O6. The van der Waals surface area contributed by atoms with Gasteiger partial charge in [-0.1, -0.05) is 41.5 Å². The zero-order valence-corrected chi connectivity index (χ0v) is 16.8. The highest BCUT2D eigenvalue weighted by Gasteiger charge is 2.47. The van der Waals surface area contributed by atoms with Crippen LogP contribution in [0.1, 0.15) is 48.0 Å². The fraction of sp³-hybridized carbons (Fsp3) is 0.947. The zero-order valence-electron chi connectivity index (χ0n) is 16.8. The van der Waals surface area contributed by atoms with Gasteiger partial charge in [0, 0.05) is 24.9 Å². The van der Waals surface area contributed by atoms with E-state index < -0.39 is 29.8 Å². The SMILES string of the molecule is CCC1([C@@H](C)[C@H](OCOC)[C@H](C)C(=O)[C@H](C)[C@@H](O)C(C)C)OCCO1. The Kier molecular flexibility index (Phi) is 8.98. The summed E-state index contributed by atoms with van der Waals surface area (Å²) in [4.78, 5) is 12.9. The molecule has 0 radical (unpaired) electrons. The molecule has 6 nitrogen and oxygen atoms in total. The lowest BCUT2D eigenvalue weighted by Crippen LogP contribution is -2.49. The van der Waals surface area contributed by atoms with Crippen LogP contribution in [0.2, 0.25) is 0 Å². The zero-order chi connectivity index (χ0) is 19.2. The third-order valence-corrected chi connectivity index (χ3v) is 5.42. The van der Waals surface area contributed by atoms with Crippen LogP contribution in [-0.2, 0) is 23.7 Å². The molecule has 25 heavy (non-hydrogen) atoms. The summed E-state index contributed by atoms with van der Waals surface area (Å²) < 4.78 is 22.7. The molecule has 0 unspecified atom stereocenters. The van der Waals surface area contributed by atoms with Gasteiger partial charge in [0.05, 0.1) is 25.4 Å². The van der Waals surface area contributed by atoms with E-state index in [0.29, 0.717) is 19.6 Å². The van der Waals surface area contributed by atoms with Gasteiger partial charge in [-0.15, -0.1) is 0 Å². The Labute approximate surface area is 152 Å². The second-order valence-corrected chi connectivity index (χ2v) is 7.40. The Morgan fingerprint density at radius 3 is 2.12 bits per heavy atom. The first-order valence-corrected chi connectivity index (χ1v) is 9.32. The van der Waals surface area contributed by atoms with Crippen molar-refractivity contribution in [2.24, 2.45) is 23.7 Å². The minimum Gasteiger partial charge on any atom is -0.392 e. The van der Waals surface area contributed by atoms with Gasteiger partial charge in [-0.25, -0.2) is 0 Å². The minimum atomic E-state index is -0.743. The van der Waals surface area contributed by atoms with Crippen LogP contribution in [0.3, 0.4) is 0 Å². The normalized spacial score (nSPS) is 23.2. The average Bonchev–Trinajstić information content (AvgIpc) is 3.09. The number of rotatable bonds is 11. The van der Waals surface area contributed by atoms with Gasteiger partial charge < -0.3 is 24.1 Å². The maximum absolute atomic E-state index is 12.9. The maximum Gasteiger partial charge on any atom is 0.173 e. The van der Waals surface area contributed by atoms with Gasteiger partial charge in [0.25, 0.3) is 0 Å². The van der Waals surface area contributed by atoms with Gasteiger partial charge >= 0.3 is 0 Å². The van der Waals surface area contributed by atoms with Crippen LogP contribution in [0, 0.1) is 23.7 Å². The van der Waals surface area contributed by atoms with E-state index in [9.17, 15) is 9.90 Å². The molecular weight excluding hydrogens is 324 g/mol. The van der Waals surface area contributed by atoms with Gasteiger partial charge in [-0.3, -0.25) is 4.79 Å². The van der Waals surface area contributed by atoms with Gasteiger partial charge in [-0.05, 0) is 12.3 Å². The van der Waals surface area contributed by atoms with Crippen molar-refractivity contribution in [2.75, 3.05) is 27.1 Å². The summed E-state index contributed by atoms with van der Waals surface area (Å²) in [5, 5.41) is 10.3. The second kappa shape index (κ2) is 9.97. The van der Waals surface area contributed by atoms with Crippen molar-refractivity contribution in [3.63, 3.8) is 0 Å². The summed E-state index contributed by atoms with van der Waals surface area (Å²) in [6.07, 6.45) is -0.425. The van der Waals surface area contributed by atoms with E-state index in [-0.39, 0.29) is 24.4 Å². The molecule has 0 aliphatic carbocycles. The van der Waals surface area contributed by atoms with Crippen molar-refractivity contribution in [3.8, 4) is 0 Å². The lowest BCUT2D eigenvalue weighted by atomic mass is 9.78. The van der Waals surface area contributed by atoms with Crippen LogP contribution in [0.25, 0.3) is 0 Å². The monoisotopic (exact) mass is 360 g/mol. The lowest BCUT2D eigenvalue weighted by Gasteiger charge is -2.40. The van der Waals surface area contributed by atoms with Crippen LogP contribution in [0.5, 0.6) is 0 Å². The van der Waals surface area contributed by atoms with Crippen molar-refractivity contribution >= 4 is 5.78 Å².